The predicted octanol–water partition coefficient (Wildman–Crippen LogP) is 2.70. The molecule has 0 amide bonds. The van der Waals surface area contributed by atoms with Crippen LogP contribution in [0.1, 0.15) is 6.42 Å². The third kappa shape index (κ3) is 1.96. The van der Waals surface area contributed by atoms with Gasteiger partial charge >= 0.3 is 6.18 Å². The van der Waals surface area contributed by atoms with E-state index in [4.69, 9.17) is 5.41 Å². The van der Waals surface area contributed by atoms with Gasteiger partial charge in [0.2, 0.25) is 0 Å². The minimum Gasteiger partial charge on any atom is -0.312 e. The molecule has 0 heterocycles. The first-order valence-electron chi connectivity index (χ1n) is 3.49. The zero-order valence-electron chi connectivity index (χ0n) is 6.23. The summed E-state index contributed by atoms with van der Waals surface area (Å²) in [6.45, 7) is 0. The van der Waals surface area contributed by atoms with Crippen molar-refractivity contribution in [3.63, 3.8) is 0 Å². The Morgan fingerprint density at radius 3 is 2.67 bits per heavy atom. The van der Waals surface area contributed by atoms with E-state index in [-0.39, 0.29) is 6.42 Å². The van der Waals surface area contributed by atoms with Gasteiger partial charge in [0.1, 0.15) is 0 Å². The van der Waals surface area contributed by atoms with Crippen LogP contribution in [-0.2, 0) is 0 Å². The topological polar surface area (TPSA) is 23.9 Å². The average molecular weight is 175 g/mol. The fraction of sp³-hybridized carbons (Fsp3) is 0.375. The van der Waals surface area contributed by atoms with Crippen LogP contribution >= 0.6 is 0 Å². The van der Waals surface area contributed by atoms with Crippen molar-refractivity contribution in [3.05, 3.63) is 23.8 Å². The number of nitrogens with one attached hydrogen (secondary N) is 1. The Hall–Kier alpha value is -1.06. The van der Waals surface area contributed by atoms with Gasteiger partial charge in [0.25, 0.3) is 0 Å². The number of halogens is 3. The first kappa shape index (κ1) is 9.03. The molecular formula is C8H8F3N. The van der Waals surface area contributed by atoms with Crippen molar-refractivity contribution >= 4 is 6.21 Å². The van der Waals surface area contributed by atoms with E-state index in [1.807, 2.05) is 0 Å². The summed E-state index contributed by atoms with van der Waals surface area (Å²) in [6, 6.07) is 0. The minimum atomic E-state index is -4.24. The molecule has 1 rings (SSSR count). The molecule has 1 unspecified atom stereocenters. The van der Waals surface area contributed by atoms with E-state index < -0.39 is 17.7 Å². The van der Waals surface area contributed by atoms with Crippen molar-refractivity contribution in [2.24, 2.45) is 5.92 Å². The molecule has 1 aliphatic rings. The minimum absolute atomic E-state index is 0.108. The molecule has 0 bridgehead atoms. The lowest BCUT2D eigenvalue weighted by Crippen LogP contribution is -2.16. The van der Waals surface area contributed by atoms with Crippen LogP contribution in [0.5, 0.6) is 0 Å². The molecule has 0 saturated heterocycles. The van der Waals surface area contributed by atoms with Gasteiger partial charge in [0.15, 0.2) is 0 Å². The molecule has 0 radical (unpaired) electrons. The first-order valence-corrected chi connectivity index (χ1v) is 3.49. The van der Waals surface area contributed by atoms with Crippen molar-refractivity contribution in [1.29, 1.82) is 5.41 Å². The van der Waals surface area contributed by atoms with E-state index in [9.17, 15) is 13.2 Å². The smallest absolute Gasteiger partial charge is 0.312 e. The SMILES string of the molecule is N=CC1C=CC=C(C(F)(F)F)C1. The van der Waals surface area contributed by atoms with Crippen LogP contribution in [0.3, 0.4) is 0 Å². The quantitative estimate of drug-likeness (QED) is 0.592. The number of allylic oxidation sites excluding steroid dienone is 4. The molecule has 0 aromatic carbocycles. The highest BCUT2D eigenvalue weighted by Crippen LogP contribution is 2.32. The molecule has 0 saturated carbocycles. The van der Waals surface area contributed by atoms with E-state index >= 15 is 0 Å². The van der Waals surface area contributed by atoms with Crippen LogP contribution in [-0.4, -0.2) is 12.4 Å². The van der Waals surface area contributed by atoms with Gasteiger partial charge < -0.3 is 5.41 Å². The van der Waals surface area contributed by atoms with Gasteiger partial charge in [-0.2, -0.15) is 13.2 Å². The van der Waals surface area contributed by atoms with Crippen molar-refractivity contribution in [2.75, 3.05) is 0 Å². The summed E-state index contributed by atoms with van der Waals surface area (Å²) in [5.41, 5.74) is -0.557. The van der Waals surface area contributed by atoms with Gasteiger partial charge in [0, 0.05) is 17.7 Å². The maximum Gasteiger partial charge on any atom is 0.412 e. The number of rotatable bonds is 1. The molecule has 0 aliphatic heterocycles. The summed E-state index contributed by atoms with van der Waals surface area (Å²) in [5.74, 6) is -0.397. The van der Waals surface area contributed by atoms with E-state index in [1.54, 1.807) is 6.08 Å². The molecule has 4 heteroatoms. The normalized spacial score (nSPS) is 23.6. The molecule has 1 aliphatic carbocycles. The Morgan fingerprint density at radius 1 is 1.50 bits per heavy atom. The standard InChI is InChI=1S/C8H8F3N/c9-8(10,11)7-3-1-2-6(4-7)5-12/h1-3,5-6,12H,4H2. The van der Waals surface area contributed by atoms with Crippen molar-refractivity contribution in [3.8, 4) is 0 Å². The Morgan fingerprint density at radius 2 is 2.17 bits per heavy atom. The van der Waals surface area contributed by atoms with Crippen LogP contribution < -0.4 is 0 Å². The van der Waals surface area contributed by atoms with Crippen molar-refractivity contribution in [1.82, 2.24) is 0 Å². The number of hydrogen-bond donors (Lipinski definition) is 1. The molecule has 1 N–H and O–H groups in total. The molecular weight excluding hydrogens is 167 g/mol. The third-order valence-corrected chi connectivity index (χ3v) is 1.69. The van der Waals surface area contributed by atoms with Gasteiger partial charge in [-0.25, -0.2) is 0 Å². The lowest BCUT2D eigenvalue weighted by Gasteiger charge is -2.16. The summed E-state index contributed by atoms with van der Waals surface area (Å²) in [5, 5.41) is 6.82. The molecule has 0 aromatic rings. The van der Waals surface area contributed by atoms with E-state index in [0.717, 1.165) is 12.3 Å². The maximum absolute atomic E-state index is 12.1. The van der Waals surface area contributed by atoms with Gasteiger partial charge in [-0.1, -0.05) is 18.2 Å². The monoisotopic (exact) mass is 175 g/mol. The van der Waals surface area contributed by atoms with E-state index in [2.05, 4.69) is 0 Å². The Balaban J connectivity index is 2.76. The van der Waals surface area contributed by atoms with E-state index in [1.165, 1.54) is 6.08 Å². The third-order valence-electron chi connectivity index (χ3n) is 1.69. The largest absolute Gasteiger partial charge is 0.412 e. The average Bonchev–Trinajstić information content (AvgIpc) is 2.03. The van der Waals surface area contributed by atoms with E-state index in [0.29, 0.717) is 0 Å². The summed E-state index contributed by atoms with van der Waals surface area (Å²) in [6.07, 6.45) is 0.662. The molecule has 12 heavy (non-hydrogen) atoms. The second kappa shape index (κ2) is 3.13. The summed E-state index contributed by atoms with van der Waals surface area (Å²) >= 11 is 0. The molecule has 0 fully saturated rings. The van der Waals surface area contributed by atoms with Crippen LogP contribution in [0, 0.1) is 11.3 Å². The fourth-order valence-electron chi connectivity index (χ4n) is 1.03. The van der Waals surface area contributed by atoms with Crippen LogP contribution in [0.15, 0.2) is 23.8 Å². The van der Waals surface area contributed by atoms with Gasteiger partial charge in [-0.05, 0) is 6.42 Å². The zero-order valence-corrected chi connectivity index (χ0v) is 6.23. The van der Waals surface area contributed by atoms with Crippen LogP contribution in [0.25, 0.3) is 0 Å². The summed E-state index contributed by atoms with van der Waals surface area (Å²) in [7, 11) is 0. The second-order valence-electron chi connectivity index (χ2n) is 2.61. The first-order chi connectivity index (χ1) is 5.54. The second-order valence-corrected chi connectivity index (χ2v) is 2.61. The highest BCUT2D eigenvalue weighted by atomic mass is 19.4. The molecule has 0 aromatic heterocycles. The number of alkyl halides is 3. The Kier molecular flexibility index (Phi) is 2.35. The van der Waals surface area contributed by atoms with Crippen LogP contribution in [0.4, 0.5) is 13.2 Å². The predicted molar refractivity (Wildman–Crippen MR) is 40.2 cm³/mol. The zero-order chi connectivity index (χ0) is 9.19. The summed E-state index contributed by atoms with van der Waals surface area (Å²) < 4.78 is 36.2. The molecule has 0 spiro atoms. The molecule has 66 valence electrons. The highest BCUT2D eigenvalue weighted by Gasteiger charge is 2.34. The maximum atomic E-state index is 12.1. The Labute approximate surface area is 68.1 Å². The fourth-order valence-corrected chi connectivity index (χ4v) is 1.03. The van der Waals surface area contributed by atoms with Crippen LogP contribution in [0.2, 0.25) is 0 Å². The highest BCUT2D eigenvalue weighted by molar-refractivity contribution is 5.61. The van der Waals surface area contributed by atoms with Gasteiger partial charge in [-0.15, -0.1) is 0 Å². The Bertz CT molecular complexity index is 237. The van der Waals surface area contributed by atoms with Gasteiger partial charge in [0.05, 0.1) is 0 Å². The lowest BCUT2D eigenvalue weighted by atomic mass is 9.95. The molecule has 1 nitrogen and oxygen atoms in total. The molecule has 1 atom stereocenters. The van der Waals surface area contributed by atoms with Crippen molar-refractivity contribution < 1.29 is 13.2 Å². The number of hydrogen-bond acceptors (Lipinski definition) is 1. The lowest BCUT2D eigenvalue weighted by molar-refractivity contribution is -0.0945. The van der Waals surface area contributed by atoms with Crippen molar-refractivity contribution in [2.45, 2.75) is 12.6 Å². The van der Waals surface area contributed by atoms with Gasteiger partial charge in [-0.3, -0.25) is 0 Å². The summed E-state index contributed by atoms with van der Waals surface area (Å²) in [4.78, 5) is 0.